The number of nitrogens with one attached hydrogen (secondary N) is 2. The minimum Gasteiger partial charge on any atom is -0.375 e. The van der Waals surface area contributed by atoms with Crippen LogP contribution in [0.3, 0.4) is 0 Å². The van der Waals surface area contributed by atoms with Gasteiger partial charge in [0.1, 0.15) is 5.82 Å². The maximum Gasteiger partial charge on any atom is 0.191 e. The minimum atomic E-state index is 0.254. The third kappa shape index (κ3) is 7.20. The van der Waals surface area contributed by atoms with Crippen LogP contribution in [0.4, 0.5) is 5.82 Å². The monoisotopic (exact) mass is 361 g/mol. The van der Waals surface area contributed by atoms with Gasteiger partial charge in [-0.1, -0.05) is 26.2 Å². The van der Waals surface area contributed by atoms with Gasteiger partial charge in [-0.2, -0.15) is 0 Å². The van der Waals surface area contributed by atoms with Gasteiger partial charge in [0.05, 0.1) is 19.3 Å². The van der Waals surface area contributed by atoms with E-state index < -0.39 is 0 Å². The predicted octanol–water partition coefficient (Wildman–Crippen LogP) is 2.94. The van der Waals surface area contributed by atoms with E-state index in [4.69, 9.17) is 9.73 Å². The molecule has 1 fully saturated rings. The largest absolute Gasteiger partial charge is 0.375 e. The quantitative estimate of drug-likeness (QED) is 0.402. The summed E-state index contributed by atoms with van der Waals surface area (Å²) in [5.41, 5.74) is 1.18. The standard InChI is InChI=1S/C20H35N5O/c1-4-6-7-8-10-23-20(21-5-2)24-15-18-9-11-22-19(14-18)25-12-13-26-17(3)16-25/h9,11,14,17H,4-8,10,12-13,15-16H2,1-3H3,(H2,21,23,24). The fourth-order valence-corrected chi connectivity index (χ4v) is 3.03. The van der Waals surface area contributed by atoms with Crippen molar-refractivity contribution in [1.29, 1.82) is 0 Å². The maximum absolute atomic E-state index is 5.62. The average Bonchev–Trinajstić information content (AvgIpc) is 2.66. The van der Waals surface area contributed by atoms with Gasteiger partial charge in [-0.15, -0.1) is 0 Å². The Morgan fingerprint density at radius 1 is 1.31 bits per heavy atom. The van der Waals surface area contributed by atoms with E-state index in [1.165, 1.54) is 31.2 Å². The van der Waals surface area contributed by atoms with Crippen LogP contribution in [0.15, 0.2) is 23.3 Å². The second-order valence-corrected chi connectivity index (χ2v) is 6.83. The Morgan fingerprint density at radius 3 is 2.96 bits per heavy atom. The summed E-state index contributed by atoms with van der Waals surface area (Å²) < 4.78 is 5.62. The lowest BCUT2D eigenvalue weighted by Gasteiger charge is -2.32. The van der Waals surface area contributed by atoms with Crippen molar-refractivity contribution >= 4 is 11.8 Å². The number of rotatable bonds is 9. The number of aromatic nitrogens is 1. The second kappa shape index (κ2) is 11.7. The van der Waals surface area contributed by atoms with Gasteiger partial charge >= 0.3 is 0 Å². The van der Waals surface area contributed by atoms with Crippen molar-refractivity contribution in [2.75, 3.05) is 37.7 Å². The van der Waals surface area contributed by atoms with E-state index in [0.717, 1.165) is 44.6 Å². The molecule has 1 aromatic heterocycles. The number of morpholine rings is 1. The molecule has 0 amide bonds. The first-order valence-corrected chi connectivity index (χ1v) is 10.1. The molecule has 0 aromatic carbocycles. The number of pyridine rings is 1. The van der Waals surface area contributed by atoms with Crippen LogP contribution in [-0.2, 0) is 11.3 Å². The molecule has 0 bridgehead atoms. The highest BCUT2D eigenvalue weighted by Gasteiger charge is 2.17. The Kier molecular flexibility index (Phi) is 9.24. The lowest BCUT2D eigenvalue weighted by atomic mass is 10.2. The van der Waals surface area contributed by atoms with Crippen LogP contribution < -0.4 is 15.5 Å². The highest BCUT2D eigenvalue weighted by molar-refractivity contribution is 5.79. The summed E-state index contributed by atoms with van der Waals surface area (Å²) >= 11 is 0. The summed E-state index contributed by atoms with van der Waals surface area (Å²) in [7, 11) is 0. The molecule has 6 nitrogen and oxygen atoms in total. The van der Waals surface area contributed by atoms with Gasteiger partial charge < -0.3 is 20.3 Å². The molecular weight excluding hydrogens is 326 g/mol. The Hall–Kier alpha value is -1.82. The number of hydrogen-bond acceptors (Lipinski definition) is 4. The predicted molar refractivity (Wildman–Crippen MR) is 109 cm³/mol. The smallest absolute Gasteiger partial charge is 0.191 e. The number of nitrogens with zero attached hydrogens (tertiary/aromatic N) is 3. The Morgan fingerprint density at radius 2 is 2.19 bits per heavy atom. The van der Waals surface area contributed by atoms with Crippen molar-refractivity contribution in [3.8, 4) is 0 Å². The van der Waals surface area contributed by atoms with Crippen molar-refractivity contribution in [2.24, 2.45) is 4.99 Å². The number of hydrogen-bond donors (Lipinski definition) is 2. The van der Waals surface area contributed by atoms with E-state index in [9.17, 15) is 0 Å². The van der Waals surface area contributed by atoms with Crippen LogP contribution in [0, 0.1) is 0 Å². The van der Waals surface area contributed by atoms with E-state index in [-0.39, 0.29) is 6.10 Å². The van der Waals surface area contributed by atoms with Crippen LogP contribution in [0.1, 0.15) is 52.0 Å². The first-order chi connectivity index (χ1) is 12.7. The van der Waals surface area contributed by atoms with E-state index in [1.54, 1.807) is 0 Å². The SMILES string of the molecule is CCCCCCNC(=NCc1ccnc(N2CCOC(C)C2)c1)NCC. The molecule has 1 saturated heterocycles. The third-order valence-corrected chi connectivity index (χ3v) is 4.46. The van der Waals surface area contributed by atoms with E-state index in [2.05, 4.69) is 47.4 Å². The van der Waals surface area contributed by atoms with Gasteiger partial charge in [-0.3, -0.25) is 0 Å². The summed E-state index contributed by atoms with van der Waals surface area (Å²) in [6, 6.07) is 4.19. The summed E-state index contributed by atoms with van der Waals surface area (Å²) in [6.07, 6.45) is 7.16. The van der Waals surface area contributed by atoms with Gasteiger partial charge in [-0.25, -0.2) is 9.98 Å². The Balaban J connectivity index is 1.90. The lowest BCUT2D eigenvalue weighted by molar-refractivity contribution is 0.0529. The van der Waals surface area contributed by atoms with E-state index in [0.29, 0.717) is 6.54 Å². The molecule has 6 heteroatoms. The zero-order chi connectivity index (χ0) is 18.6. The van der Waals surface area contributed by atoms with Crippen LogP contribution in [0.2, 0.25) is 0 Å². The molecule has 0 radical (unpaired) electrons. The van der Waals surface area contributed by atoms with Crippen LogP contribution >= 0.6 is 0 Å². The number of aliphatic imine (C=N–C) groups is 1. The van der Waals surface area contributed by atoms with E-state index in [1.807, 2.05) is 12.3 Å². The van der Waals surface area contributed by atoms with Gasteiger partial charge in [0.2, 0.25) is 0 Å². The molecule has 0 saturated carbocycles. The van der Waals surface area contributed by atoms with Crippen molar-refractivity contribution < 1.29 is 4.74 Å². The molecule has 1 unspecified atom stereocenters. The van der Waals surface area contributed by atoms with Crippen LogP contribution in [-0.4, -0.2) is 49.8 Å². The summed E-state index contributed by atoms with van der Waals surface area (Å²) in [4.78, 5) is 11.5. The van der Waals surface area contributed by atoms with Crippen LogP contribution in [0.5, 0.6) is 0 Å². The van der Waals surface area contributed by atoms with Crippen molar-refractivity contribution in [2.45, 2.75) is 59.1 Å². The summed E-state index contributed by atoms with van der Waals surface area (Å²) in [5, 5.41) is 6.75. The number of guanidine groups is 1. The van der Waals surface area contributed by atoms with Gasteiger partial charge in [0.15, 0.2) is 5.96 Å². The van der Waals surface area contributed by atoms with Crippen molar-refractivity contribution in [1.82, 2.24) is 15.6 Å². The molecule has 1 aromatic rings. The Labute approximate surface area is 158 Å². The molecule has 0 spiro atoms. The number of ether oxygens (including phenoxy) is 1. The van der Waals surface area contributed by atoms with Crippen molar-refractivity contribution in [3.63, 3.8) is 0 Å². The van der Waals surface area contributed by atoms with Crippen molar-refractivity contribution in [3.05, 3.63) is 23.9 Å². The number of unbranched alkanes of at least 4 members (excludes halogenated alkanes) is 3. The normalized spacial score (nSPS) is 18.0. The minimum absolute atomic E-state index is 0.254. The molecule has 1 aliphatic heterocycles. The molecule has 2 heterocycles. The first kappa shape index (κ1) is 20.5. The molecule has 26 heavy (non-hydrogen) atoms. The summed E-state index contributed by atoms with van der Waals surface area (Å²) in [5.74, 6) is 1.91. The molecule has 146 valence electrons. The molecule has 2 N–H and O–H groups in total. The molecule has 0 aliphatic carbocycles. The Bertz CT molecular complexity index is 549. The molecule has 1 atom stereocenters. The fraction of sp³-hybridized carbons (Fsp3) is 0.700. The lowest BCUT2D eigenvalue weighted by Crippen LogP contribution is -2.41. The zero-order valence-electron chi connectivity index (χ0n) is 16.6. The first-order valence-electron chi connectivity index (χ1n) is 10.1. The van der Waals surface area contributed by atoms with Gasteiger partial charge in [-0.05, 0) is 38.0 Å². The fourth-order valence-electron chi connectivity index (χ4n) is 3.03. The zero-order valence-corrected chi connectivity index (χ0v) is 16.6. The molecule has 1 aliphatic rings. The number of anilines is 1. The van der Waals surface area contributed by atoms with Gasteiger partial charge in [0.25, 0.3) is 0 Å². The third-order valence-electron chi connectivity index (χ3n) is 4.46. The topological polar surface area (TPSA) is 61.8 Å². The second-order valence-electron chi connectivity index (χ2n) is 6.83. The summed E-state index contributed by atoms with van der Waals surface area (Å²) in [6.45, 7) is 11.5. The highest BCUT2D eigenvalue weighted by Crippen LogP contribution is 2.16. The highest BCUT2D eigenvalue weighted by atomic mass is 16.5. The maximum atomic E-state index is 5.62. The van der Waals surface area contributed by atoms with E-state index >= 15 is 0 Å². The van der Waals surface area contributed by atoms with Crippen LogP contribution in [0.25, 0.3) is 0 Å². The molecular formula is C20H35N5O. The molecule has 2 rings (SSSR count). The average molecular weight is 362 g/mol. The van der Waals surface area contributed by atoms with Gasteiger partial charge in [0, 0.05) is 32.4 Å².